The summed E-state index contributed by atoms with van der Waals surface area (Å²) in [5.41, 5.74) is 2.72. The van der Waals surface area contributed by atoms with E-state index in [1.165, 1.54) is 16.6 Å². The number of hydrogen-bond acceptors (Lipinski definition) is 2. The zero-order valence-electron chi connectivity index (χ0n) is 10.5. The van der Waals surface area contributed by atoms with Crippen LogP contribution in [0.25, 0.3) is 10.9 Å². The molecule has 1 aromatic carbocycles. The summed E-state index contributed by atoms with van der Waals surface area (Å²) in [7, 11) is 4.38. The van der Waals surface area contributed by atoms with E-state index in [2.05, 4.69) is 59.2 Å². The first kappa shape index (κ1) is 10.8. The number of fused-ring (bicyclic) bond motifs is 1. The molecular formula is C14H19N3. The fraction of sp³-hybridized carbons (Fsp3) is 0.429. The van der Waals surface area contributed by atoms with Gasteiger partial charge in [0.2, 0.25) is 0 Å². The first-order chi connectivity index (χ1) is 8.27. The molecule has 1 aromatic heterocycles. The summed E-state index contributed by atoms with van der Waals surface area (Å²) in [6, 6.07) is 11.4. The maximum atomic E-state index is 3.48. The Morgan fingerprint density at radius 3 is 2.82 bits per heavy atom. The molecule has 1 aliphatic heterocycles. The number of piperazine rings is 1. The Bertz CT molecular complexity index is 529. The third-order valence-electron chi connectivity index (χ3n) is 3.84. The van der Waals surface area contributed by atoms with Gasteiger partial charge < -0.3 is 9.88 Å². The van der Waals surface area contributed by atoms with Gasteiger partial charge in [-0.1, -0.05) is 18.2 Å². The van der Waals surface area contributed by atoms with Crippen molar-refractivity contribution in [2.45, 2.75) is 6.04 Å². The highest BCUT2D eigenvalue weighted by molar-refractivity contribution is 5.81. The minimum Gasteiger partial charge on any atom is -0.346 e. The predicted octanol–water partition coefficient (Wildman–Crippen LogP) is 1.75. The van der Waals surface area contributed by atoms with Crippen LogP contribution in [0.15, 0.2) is 30.3 Å². The molecule has 3 heteroatoms. The number of benzene rings is 1. The fourth-order valence-corrected chi connectivity index (χ4v) is 2.77. The smallest absolute Gasteiger partial charge is 0.0624 e. The Balaban J connectivity index is 2.07. The summed E-state index contributed by atoms with van der Waals surface area (Å²) in [6.07, 6.45) is 0. The van der Waals surface area contributed by atoms with E-state index in [0.29, 0.717) is 6.04 Å². The van der Waals surface area contributed by atoms with Gasteiger partial charge in [-0.15, -0.1) is 0 Å². The summed E-state index contributed by atoms with van der Waals surface area (Å²) in [5, 5.41) is 4.82. The van der Waals surface area contributed by atoms with Crippen molar-refractivity contribution in [3.8, 4) is 0 Å². The molecule has 1 saturated heterocycles. The van der Waals surface area contributed by atoms with Gasteiger partial charge in [0.1, 0.15) is 0 Å². The summed E-state index contributed by atoms with van der Waals surface area (Å²) in [5.74, 6) is 0. The Hall–Kier alpha value is -1.32. The second-order valence-corrected chi connectivity index (χ2v) is 4.89. The summed E-state index contributed by atoms with van der Waals surface area (Å²) < 4.78 is 2.32. The molecule has 1 atom stereocenters. The van der Waals surface area contributed by atoms with Gasteiger partial charge in [0.25, 0.3) is 0 Å². The van der Waals surface area contributed by atoms with E-state index in [1.807, 2.05) is 0 Å². The van der Waals surface area contributed by atoms with Crippen LogP contribution in [-0.4, -0.2) is 36.1 Å². The number of para-hydroxylation sites is 1. The number of rotatable bonds is 1. The molecule has 0 radical (unpaired) electrons. The number of nitrogens with zero attached hydrogens (tertiary/aromatic N) is 2. The lowest BCUT2D eigenvalue weighted by Crippen LogP contribution is -2.44. The van der Waals surface area contributed by atoms with Crippen LogP contribution in [0.5, 0.6) is 0 Å². The van der Waals surface area contributed by atoms with Crippen molar-refractivity contribution in [3.05, 3.63) is 36.0 Å². The van der Waals surface area contributed by atoms with Crippen molar-refractivity contribution in [3.63, 3.8) is 0 Å². The Labute approximate surface area is 102 Å². The van der Waals surface area contributed by atoms with Crippen LogP contribution in [0, 0.1) is 0 Å². The summed E-state index contributed by atoms with van der Waals surface area (Å²) in [6.45, 7) is 3.25. The SMILES string of the molecule is CN1CCNCC1c1cc2ccccc2n1C. The highest BCUT2D eigenvalue weighted by Crippen LogP contribution is 2.26. The molecule has 1 aliphatic rings. The van der Waals surface area contributed by atoms with Crippen LogP contribution < -0.4 is 5.32 Å². The highest BCUT2D eigenvalue weighted by atomic mass is 15.2. The van der Waals surface area contributed by atoms with E-state index in [0.717, 1.165) is 19.6 Å². The second-order valence-electron chi connectivity index (χ2n) is 4.89. The topological polar surface area (TPSA) is 20.2 Å². The molecule has 17 heavy (non-hydrogen) atoms. The third-order valence-corrected chi connectivity index (χ3v) is 3.84. The summed E-state index contributed by atoms with van der Waals surface area (Å²) >= 11 is 0. The number of hydrogen-bond donors (Lipinski definition) is 1. The van der Waals surface area contributed by atoms with E-state index in [9.17, 15) is 0 Å². The van der Waals surface area contributed by atoms with Gasteiger partial charge in [0, 0.05) is 37.9 Å². The molecule has 2 aromatic rings. The Kier molecular flexibility index (Phi) is 2.65. The first-order valence-electron chi connectivity index (χ1n) is 6.22. The fourth-order valence-electron chi connectivity index (χ4n) is 2.77. The lowest BCUT2D eigenvalue weighted by atomic mass is 10.1. The van der Waals surface area contributed by atoms with Crippen molar-refractivity contribution in [1.82, 2.24) is 14.8 Å². The maximum absolute atomic E-state index is 3.48. The van der Waals surface area contributed by atoms with Crippen molar-refractivity contribution >= 4 is 10.9 Å². The molecule has 0 amide bonds. The molecule has 90 valence electrons. The van der Waals surface area contributed by atoms with Gasteiger partial charge in [-0.3, -0.25) is 4.90 Å². The summed E-state index contributed by atoms with van der Waals surface area (Å²) in [4.78, 5) is 2.44. The van der Waals surface area contributed by atoms with Crippen molar-refractivity contribution < 1.29 is 0 Å². The maximum Gasteiger partial charge on any atom is 0.0624 e. The van der Waals surface area contributed by atoms with Gasteiger partial charge in [-0.05, 0) is 24.6 Å². The van der Waals surface area contributed by atoms with Gasteiger partial charge in [0.15, 0.2) is 0 Å². The molecule has 1 unspecified atom stereocenters. The Morgan fingerprint density at radius 1 is 1.24 bits per heavy atom. The molecule has 2 heterocycles. The molecule has 1 fully saturated rings. The number of aromatic nitrogens is 1. The molecule has 0 saturated carbocycles. The zero-order valence-corrected chi connectivity index (χ0v) is 10.5. The first-order valence-corrected chi connectivity index (χ1v) is 6.22. The predicted molar refractivity (Wildman–Crippen MR) is 71.2 cm³/mol. The minimum absolute atomic E-state index is 0.487. The van der Waals surface area contributed by atoms with Crippen molar-refractivity contribution in [2.75, 3.05) is 26.7 Å². The quantitative estimate of drug-likeness (QED) is 0.804. The minimum atomic E-state index is 0.487. The van der Waals surface area contributed by atoms with Gasteiger partial charge in [0.05, 0.1) is 6.04 Å². The number of likely N-dealkylation sites (N-methyl/N-ethyl adjacent to an activating group) is 1. The molecule has 0 spiro atoms. The second kappa shape index (κ2) is 4.17. The standard InChI is InChI=1S/C14H19N3/c1-16-8-7-15-10-14(16)13-9-11-5-3-4-6-12(11)17(13)2/h3-6,9,14-15H,7-8,10H2,1-2H3. The zero-order chi connectivity index (χ0) is 11.8. The van der Waals surface area contributed by atoms with E-state index >= 15 is 0 Å². The van der Waals surface area contributed by atoms with Crippen molar-refractivity contribution in [1.29, 1.82) is 0 Å². The molecule has 3 rings (SSSR count). The monoisotopic (exact) mass is 229 g/mol. The van der Waals surface area contributed by atoms with E-state index in [1.54, 1.807) is 0 Å². The molecular weight excluding hydrogens is 210 g/mol. The highest BCUT2D eigenvalue weighted by Gasteiger charge is 2.23. The van der Waals surface area contributed by atoms with E-state index in [4.69, 9.17) is 0 Å². The van der Waals surface area contributed by atoms with Crippen LogP contribution in [0.2, 0.25) is 0 Å². The van der Waals surface area contributed by atoms with Gasteiger partial charge >= 0.3 is 0 Å². The van der Waals surface area contributed by atoms with Crippen LogP contribution in [0.4, 0.5) is 0 Å². The van der Waals surface area contributed by atoms with E-state index < -0.39 is 0 Å². The lowest BCUT2D eigenvalue weighted by molar-refractivity contribution is 0.196. The van der Waals surface area contributed by atoms with Crippen LogP contribution >= 0.6 is 0 Å². The van der Waals surface area contributed by atoms with E-state index in [-0.39, 0.29) is 0 Å². The normalized spacial score (nSPS) is 22.1. The number of aryl methyl sites for hydroxylation is 1. The molecule has 0 aliphatic carbocycles. The average Bonchev–Trinajstić information content (AvgIpc) is 2.68. The Morgan fingerprint density at radius 2 is 2.06 bits per heavy atom. The van der Waals surface area contributed by atoms with Crippen LogP contribution in [-0.2, 0) is 7.05 Å². The molecule has 1 N–H and O–H groups in total. The molecule has 0 bridgehead atoms. The lowest BCUT2D eigenvalue weighted by Gasteiger charge is -2.33. The molecule has 3 nitrogen and oxygen atoms in total. The largest absolute Gasteiger partial charge is 0.346 e. The van der Waals surface area contributed by atoms with Gasteiger partial charge in [-0.25, -0.2) is 0 Å². The van der Waals surface area contributed by atoms with Crippen LogP contribution in [0.1, 0.15) is 11.7 Å². The number of nitrogens with one attached hydrogen (secondary N) is 1. The van der Waals surface area contributed by atoms with Gasteiger partial charge in [-0.2, -0.15) is 0 Å². The average molecular weight is 229 g/mol. The third kappa shape index (κ3) is 1.75. The van der Waals surface area contributed by atoms with Crippen molar-refractivity contribution in [2.24, 2.45) is 7.05 Å². The van der Waals surface area contributed by atoms with Crippen LogP contribution in [0.3, 0.4) is 0 Å².